The van der Waals surface area contributed by atoms with Crippen molar-refractivity contribution < 1.29 is 9.53 Å². The Morgan fingerprint density at radius 1 is 0.964 bits per heavy atom. The van der Waals surface area contributed by atoms with Gasteiger partial charge in [-0.15, -0.1) is 0 Å². The monoisotopic (exact) mass is 373 g/mol. The van der Waals surface area contributed by atoms with E-state index in [0.717, 1.165) is 48.8 Å². The van der Waals surface area contributed by atoms with E-state index >= 15 is 0 Å². The molecule has 0 radical (unpaired) electrons. The second-order valence-electron chi connectivity index (χ2n) is 6.75. The predicted molar refractivity (Wildman–Crippen MR) is 110 cm³/mol. The van der Waals surface area contributed by atoms with E-state index in [0.29, 0.717) is 12.1 Å². The normalized spacial score (nSPS) is 13.9. The first kappa shape index (κ1) is 18.2. The summed E-state index contributed by atoms with van der Waals surface area (Å²) in [5.74, 6) is 0.882. The van der Waals surface area contributed by atoms with Crippen LogP contribution in [0.2, 0.25) is 0 Å². The molecule has 142 valence electrons. The minimum atomic E-state index is -0.0800. The number of hydrogen-bond donors (Lipinski definition) is 1. The van der Waals surface area contributed by atoms with E-state index in [1.54, 1.807) is 0 Å². The van der Waals surface area contributed by atoms with Gasteiger partial charge >= 0.3 is 0 Å². The van der Waals surface area contributed by atoms with Crippen LogP contribution in [0.25, 0.3) is 11.1 Å². The van der Waals surface area contributed by atoms with Crippen molar-refractivity contribution in [3.8, 4) is 11.1 Å². The quantitative estimate of drug-likeness (QED) is 0.744. The predicted octanol–water partition coefficient (Wildman–Crippen LogP) is 3.52. The zero-order chi connectivity index (χ0) is 19.2. The molecule has 1 aliphatic heterocycles. The van der Waals surface area contributed by atoms with Gasteiger partial charge in [-0.3, -0.25) is 4.79 Å². The van der Waals surface area contributed by atoms with Crippen LogP contribution in [0, 0.1) is 0 Å². The van der Waals surface area contributed by atoms with Crippen molar-refractivity contribution in [2.45, 2.75) is 6.54 Å². The Morgan fingerprint density at radius 3 is 2.54 bits per heavy atom. The number of hydrogen-bond acceptors (Lipinski definition) is 4. The molecule has 0 aliphatic carbocycles. The van der Waals surface area contributed by atoms with Crippen molar-refractivity contribution in [3.05, 3.63) is 84.1 Å². The van der Waals surface area contributed by atoms with Gasteiger partial charge in [-0.05, 0) is 35.4 Å². The van der Waals surface area contributed by atoms with Crippen LogP contribution in [-0.2, 0) is 11.3 Å². The van der Waals surface area contributed by atoms with Crippen molar-refractivity contribution in [2.75, 3.05) is 31.2 Å². The summed E-state index contributed by atoms with van der Waals surface area (Å²) in [7, 11) is 0. The molecule has 0 saturated carbocycles. The molecule has 1 amide bonds. The Balaban J connectivity index is 1.44. The third kappa shape index (κ3) is 4.38. The second-order valence-corrected chi connectivity index (χ2v) is 6.75. The molecule has 0 bridgehead atoms. The number of rotatable bonds is 5. The van der Waals surface area contributed by atoms with E-state index in [4.69, 9.17) is 4.74 Å². The maximum atomic E-state index is 12.5. The number of pyridine rings is 1. The van der Waals surface area contributed by atoms with Crippen molar-refractivity contribution in [2.24, 2.45) is 0 Å². The van der Waals surface area contributed by atoms with E-state index in [1.807, 2.05) is 66.9 Å². The molecule has 1 saturated heterocycles. The summed E-state index contributed by atoms with van der Waals surface area (Å²) in [5.41, 5.74) is 3.70. The average molecular weight is 373 g/mol. The van der Waals surface area contributed by atoms with E-state index < -0.39 is 0 Å². The van der Waals surface area contributed by atoms with Gasteiger partial charge in [0.25, 0.3) is 5.91 Å². The third-order valence-corrected chi connectivity index (χ3v) is 4.84. The van der Waals surface area contributed by atoms with Crippen LogP contribution in [0.1, 0.15) is 15.9 Å². The number of aromatic nitrogens is 1. The fraction of sp³-hybridized carbons (Fsp3) is 0.217. The van der Waals surface area contributed by atoms with Crippen LogP contribution in [0.3, 0.4) is 0 Å². The van der Waals surface area contributed by atoms with Crippen molar-refractivity contribution in [3.63, 3.8) is 0 Å². The number of anilines is 1. The lowest BCUT2D eigenvalue weighted by molar-refractivity contribution is 0.0951. The van der Waals surface area contributed by atoms with Crippen LogP contribution in [0.5, 0.6) is 0 Å². The summed E-state index contributed by atoms with van der Waals surface area (Å²) in [6, 6.07) is 21.6. The first-order chi connectivity index (χ1) is 13.8. The molecule has 3 aromatic rings. The molecule has 1 fully saturated rings. The Kier molecular flexibility index (Phi) is 5.64. The van der Waals surface area contributed by atoms with Gasteiger partial charge in [-0.25, -0.2) is 4.98 Å². The number of benzene rings is 2. The zero-order valence-electron chi connectivity index (χ0n) is 15.7. The molecule has 1 aliphatic rings. The standard InChI is InChI=1S/C23H23N3O2/c27-23(25-16-18-5-2-1-3-6-18)20-8-4-7-19(15-20)21-9-10-22(24-17-21)26-11-13-28-14-12-26/h1-10,15,17H,11-14,16H2,(H,25,27). The number of morpholine rings is 1. The molecule has 2 aromatic carbocycles. The lowest BCUT2D eigenvalue weighted by Gasteiger charge is -2.27. The summed E-state index contributed by atoms with van der Waals surface area (Å²) in [6.07, 6.45) is 1.87. The highest BCUT2D eigenvalue weighted by atomic mass is 16.5. The Morgan fingerprint density at radius 2 is 1.79 bits per heavy atom. The minimum Gasteiger partial charge on any atom is -0.378 e. The SMILES string of the molecule is O=C(NCc1ccccc1)c1cccc(-c2ccc(N3CCOCC3)nc2)c1. The second kappa shape index (κ2) is 8.67. The first-order valence-corrected chi connectivity index (χ1v) is 9.51. The fourth-order valence-electron chi connectivity index (χ4n) is 3.26. The Bertz CT molecular complexity index is 920. The van der Waals surface area contributed by atoms with Crippen molar-refractivity contribution in [1.82, 2.24) is 10.3 Å². The van der Waals surface area contributed by atoms with Crippen LogP contribution in [0.4, 0.5) is 5.82 Å². The summed E-state index contributed by atoms with van der Waals surface area (Å²) in [6.45, 7) is 3.72. The van der Waals surface area contributed by atoms with E-state index in [9.17, 15) is 4.79 Å². The maximum Gasteiger partial charge on any atom is 0.251 e. The molecule has 5 nitrogen and oxygen atoms in total. The van der Waals surface area contributed by atoms with Gasteiger partial charge in [-0.1, -0.05) is 42.5 Å². The van der Waals surface area contributed by atoms with E-state index in [1.165, 1.54) is 0 Å². The van der Waals surface area contributed by atoms with Crippen LogP contribution < -0.4 is 10.2 Å². The largest absolute Gasteiger partial charge is 0.378 e. The zero-order valence-corrected chi connectivity index (χ0v) is 15.7. The fourth-order valence-corrected chi connectivity index (χ4v) is 3.26. The molecule has 28 heavy (non-hydrogen) atoms. The Hall–Kier alpha value is -3.18. The average Bonchev–Trinajstić information content (AvgIpc) is 2.79. The molecular formula is C23H23N3O2. The minimum absolute atomic E-state index is 0.0800. The number of carbonyl (C=O) groups excluding carboxylic acids is 1. The van der Waals surface area contributed by atoms with Gasteiger partial charge in [0.1, 0.15) is 5.82 Å². The highest BCUT2D eigenvalue weighted by Crippen LogP contribution is 2.22. The van der Waals surface area contributed by atoms with Crippen LogP contribution >= 0.6 is 0 Å². The molecular weight excluding hydrogens is 350 g/mol. The van der Waals surface area contributed by atoms with Gasteiger partial charge in [0, 0.05) is 37.0 Å². The van der Waals surface area contributed by atoms with Gasteiger partial charge in [0.05, 0.1) is 13.2 Å². The van der Waals surface area contributed by atoms with Crippen molar-refractivity contribution in [1.29, 1.82) is 0 Å². The smallest absolute Gasteiger partial charge is 0.251 e. The molecule has 1 aromatic heterocycles. The topological polar surface area (TPSA) is 54.5 Å². The molecule has 1 N–H and O–H groups in total. The van der Waals surface area contributed by atoms with Gasteiger partial charge < -0.3 is 15.0 Å². The lowest BCUT2D eigenvalue weighted by atomic mass is 10.0. The van der Waals surface area contributed by atoms with Gasteiger partial charge in [0.15, 0.2) is 0 Å². The van der Waals surface area contributed by atoms with Crippen molar-refractivity contribution >= 4 is 11.7 Å². The molecule has 0 atom stereocenters. The first-order valence-electron chi connectivity index (χ1n) is 9.51. The third-order valence-electron chi connectivity index (χ3n) is 4.84. The van der Waals surface area contributed by atoms with Gasteiger partial charge in [-0.2, -0.15) is 0 Å². The number of amides is 1. The summed E-state index contributed by atoms with van der Waals surface area (Å²) in [5, 5.41) is 2.97. The molecule has 0 unspecified atom stereocenters. The Labute approximate surface area is 165 Å². The lowest BCUT2D eigenvalue weighted by Crippen LogP contribution is -2.36. The van der Waals surface area contributed by atoms with Crippen LogP contribution in [-0.4, -0.2) is 37.2 Å². The number of nitrogens with one attached hydrogen (secondary N) is 1. The summed E-state index contributed by atoms with van der Waals surface area (Å²) in [4.78, 5) is 19.3. The summed E-state index contributed by atoms with van der Waals surface area (Å²) < 4.78 is 5.39. The highest BCUT2D eigenvalue weighted by molar-refractivity contribution is 5.95. The number of nitrogens with zero attached hydrogens (tertiary/aromatic N) is 2. The molecule has 2 heterocycles. The van der Waals surface area contributed by atoms with Crippen LogP contribution in [0.15, 0.2) is 72.9 Å². The number of carbonyl (C=O) groups is 1. The van der Waals surface area contributed by atoms with E-state index in [2.05, 4.69) is 21.3 Å². The maximum absolute atomic E-state index is 12.5. The molecule has 4 rings (SSSR count). The molecule has 0 spiro atoms. The van der Waals surface area contributed by atoms with Gasteiger partial charge in [0.2, 0.25) is 0 Å². The highest BCUT2D eigenvalue weighted by Gasteiger charge is 2.13. The van der Waals surface area contributed by atoms with E-state index in [-0.39, 0.29) is 5.91 Å². The summed E-state index contributed by atoms with van der Waals surface area (Å²) >= 11 is 0. The molecule has 5 heteroatoms. The number of ether oxygens (including phenoxy) is 1.